The molecule has 1 fully saturated rings. The van der Waals surface area contributed by atoms with Crippen molar-refractivity contribution >= 4 is 23.6 Å². The fourth-order valence-electron chi connectivity index (χ4n) is 1.86. The van der Waals surface area contributed by atoms with Gasteiger partial charge in [-0.3, -0.25) is 4.79 Å². The van der Waals surface area contributed by atoms with Gasteiger partial charge in [0, 0.05) is 4.90 Å². The number of nitrogens with one attached hydrogen (secondary N) is 1. The molecule has 1 aromatic rings. The number of hydrogen-bond acceptors (Lipinski definition) is 3. The van der Waals surface area contributed by atoms with Crippen LogP contribution in [0.25, 0.3) is 0 Å². The number of amides is 1. The molecule has 114 valence electrons. The number of rotatable bonds is 7. The second kappa shape index (κ2) is 6.89. The number of carboxylic acid groups (broad SMARTS) is 1. The van der Waals surface area contributed by atoms with Gasteiger partial charge in [0.15, 0.2) is 11.6 Å². The first kappa shape index (κ1) is 15.8. The molecule has 0 radical (unpaired) electrons. The number of benzene rings is 1. The van der Waals surface area contributed by atoms with Gasteiger partial charge in [-0.1, -0.05) is 12.8 Å². The summed E-state index contributed by atoms with van der Waals surface area (Å²) in [5, 5.41) is 11.5. The first-order valence-corrected chi connectivity index (χ1v) is 7.54. The highest BCUT2D eigenvalue weighted by Gasteiger charge is 2.30. The Morgan fingerprint density at radius 2 is 2.05 bits per heavy atom. The molecule has 1 saturated carbocycles. The summed E-state index contributed by atoms with van der Waals surface area (Å²) in [5.74, 6) is -3.06. The Kier molecular flexibility index (Phi) is 5.17. The second-order valence-electron chi connectivity index (χ2n) is 5.00. The molecule has 1 aromatic carbocycles. The van der Waals surface area contributed by atoms with Crippen LogP contribution in [0.5, 0.6) is 0 Å². The third-order valence-electron chi connectivity index (χ3n) is 3.16. The largest absolute Gasteiger partial charge is 0.480 e. The summed E-state index contributed by atoms with van der Waals surface area (Å²) in [5.41, 5.74) is 0. The summed E-state index contributed by atoms with van der Waals surface area (Å²) < 4.78 is 25.8. The van der Waals surface area contributed by atoms with E-state index in [0.717, 1.165) is 36.7 Å². The van der Waals surface area contributed by atoms with Crippen molar-refractivity contribution in [2.24, 2.45) is 5.92 Å². The Bertz CT molecular complexity index is 549. The zero-order valence-corrected chi connectivity index (χ0v) is 12.0. The van der Waals surface area contributed by atoms with E-state index in [-0.39, 0.29) is 5.75 Å². The van der Waals surface area contributed by atoms with Crippen molar-refractivity contribution in [2.45, 2.75) is 30.2 Å². The number of aliphatic carboxylic acids is 1. The molecule has 1 amide bonds. The van der Waals surface area contributed by atoms with Gasteiger partial charge in [0.05, 0.1) is 5.75 Å². The lowest BCUT2D eigenvalue weighted by Gasteiger charge is -2.13. The molecule has 7 heteroatoms. The minimum absolute atomic E-state index is 0.0421. The average Bonchev–Trinajstić information content (AvgIpc) is 3.23. The molecule has 4 nitrogen and oxygen atoms in total. The van der Waals surface area contributed by atoms with Crippen LogP contribution in [0.2, 0.25) is 0 Å². The van der Waals surface area contributed by atoms with Gasteiger partial charge in [-0.05, 0) is 30.5 Å². The third kappa shape index (κ3) is 5.00. The third-order valence-corrected chi connectivity index (χ3v) is 4.15. The minimum Gasteiger partial charge on any atom is -0.480 e. The number of carbonyl (C=O) groups excluding carboxylic acids is 1. The minimum atomic E-state index is -1.05. The van der Waals surface area contributed by atoms with Crippen LogP contribution in [0, 0.1) is 17.6 Å². The molecule has 2 N–H and O–H groups in total. The van der Waals surface area contributed by atoms with Gasteiger partial charge in [-0.25, -0.2) is 13.6 Å². The van der Waals surface area contributed by atoms with Gasteiger partial charge < -0.3 is 10.4 Å². The van der Waals surface area contributed by atoms with E-state index in [1.165, 1.54) is 6.07 Å². The summed E-state index contributed by atoms with van der Waals surface area (Å²) in [6.45, 7) is 0. The topological polar surface area (TPSA) is 66.4 Å². The van der Waals surface area contributed by atoms with Crippen molar-refractivity contribution in [3.63, 3.8) is 0 Å². The molecule has 1 unspecified atom stereocenters. The monoisotopic (exact) mass is 315 g/mol. The van der Waals surface area contributed by atoms with Gasteiger partial charge in [0.25, 0.3) is 0 Å². The zero-order chi connectivity index (χ0) is 15.4. The number of thioether (sulfide) groups is 1. The van der Waals surface area contributed by atoms with Crippen LogP contribution >= 0.6 is 11.8 Å². The van der Waals surface area contributed by atoms with Crippen LogP contribution < -0.4 is 5.32 Å². The Morgan fingerprint density at radius 1 is 1.33 bits per heavy atom. The summed E-state index contributed by atoms with van der Waals surface area (Å²) >= 11 is 1.03. The fourth-order valence-corrected chi connectivity index (χ4v) is 2.59. The van der Waals surface area contributed by atoms with Crippen LogP contribution in [0.15, 0.2) is 23.1 Å². The first-order chi connectivity index (χ1) is 9.95. The van der Waals surface area contributed by atoms with Gasteiger partial charge in [0.1, 0.15) is 6.04 Å². The Morgan fingerprint density at radius 3 is 2.62 bits per heavy atom. The molecule has 1 atom stereocenters. The Hall–Kier alpha value is -1.63. The maximum Gasteiger partial charge on any atom is 0.326 e. The average molecular weight is 315 g/mol. The summed E-state index contributed by atoms with van der Waals surface area (Å²) in [6, 6.07) is 2.49. The summed E-state index contributed by atoms with van der Waals surface area (Å²) in [4.78, 5) is 23.2. The highest BCUT2D eigenvalue weighted by Crippen LogP contribution is 2.33. The van der Waals surface area contributed by atoms with Crippen LogP contribution in [-0.4, -0.2) is 28.8 Å². The molecule has 1 aliphatic rings. The van der Waals surface area contributed by atoms with Crippen molar-refractivity contribution in [1.82, 2.24) is 5.32 Å². The van der Waals surface area contributed by atoms with Crippen LogP contribution in [-0.2, 0) is 9.59 Å². The highest BCUT2D eigenvalue weighted by molar-refractivity contribution is 8.00. The van der Waals surface area contributed by atoms with E-state index >= 15 is 0 Å². The normalized spacial score (nSPS) is 15.5. The molecule has 0 bridgehead atoms. The molecular formula is C14H15F2NO3S. The van der Waals surface area contributed by atoms with Gasteiger partial charge in [-0.2, -0.15) is 0 Å². The standard InChI is InChI=1S/C14H15F2NO3S/c15-10-4-3-9(6-11(10)16)21-7-13(18)17-12(14(19)20)5-8-1-2-8/h3-4,6,8,12H,1-2,5,7H2,(H,17,18)(H,19,20). The lowest BCUT2D eigenvalue weighted by Crippen LogP contribution is -2.41. The zero-order valence-electron chi connectivity index (χ0n) is 11.1. The Balaban J connectivity index is 1.82. The van der Waals surface area contributed by atoms with E-state index in [1.54, 1.807) is 0 Å². The smallest absolute Gasteiger partial charge is 0.326 e. The van der Waals surface area contributed by atoms with E-state index in [0.29, 0.717) is 17.2 Å². The number of hydrogen-bond donors (Lipinski definition) is 2. The predicted octanol–water partition coefficient (Wildman–Crippen LogP) is 2.43. The molecular weight excluding hydrogens is 300 g/mol. The quantitative estimate of drug-likeness (QED) is 0.759. The predicted molar refractivity (Wildman–Crippen MR) is 74.0 cm³/mol. The van der Waals surface area contributed by atoms with Crippen molar-refractivity contribution < 1.29 is 23.5 Å². The molecule has 21 heavy (non-hydrogen) atoms. The highest BCUT2D eigenvalue weighted by atomic mass is 32.2. The van der Waals surface area contributed by atoms with E-state index in [1.807, 2.05) is 0 Å². The number of halogens is 2. The summed E-state index contributed by atoms with van der Waals surface area (Å²) in [7, 11) is 0. The van der Waals surface area contributed by atoms with Crippen LogP contribution in [0.4, 0.5) is 8.78 Å². The lowest BCUT2D eigenvalue weighted by molar-refractivity contribution is -0.141. The number of carbonyl (C=O) groups is 2. The molecule has 0 saturated heterocycles. The van der Waals surface area contributed by atoms with E-state index in [9.17, 15) is 18.4 Å². The van der Waals surface area contributed by atoms with Crippen LogP contribution in [0.1, 0.15) is 19.3 Å². The van der Waals surface area contributed by atoms with E-state index in [4.69, 9.17) is 5.11 Å². The maximum atomic E-state index is 13.0. The maximum absolute atomic E-state index is 13.0. The number of carboxylic acids is 1. The second-order valence-corrected chi connectivity index (χ2v) is 6.05. The molecule has 0 aliphatic heterocycles. The molecule has 2 rings (SSSR count). The van der Waals surface area contributed by atoms with Crippen molar-refractivity contribution in [1.29, 1.82) is 0 Å². The van der Waals surface area contributed by atoms with Crippen molar-refractivity contribution in [3.05, 3.63) is 29.8 Å². The lowest BCUT2D eigenvalue weighted by atomic mass is 10.1. The first-order valence-electron chi connectivity index (χ1n) is 6.55. The van der Waals surface area contributed by atoms with E-state index in [2.05, 4.69) is 5.32 Å². The molecule has 0 heterocycles. The fraction of sp³-hybridized carbons (Fsp3) is 0.429. The van der Waals surface area contributed by atoms with Gasteiger partial charge in [0.2, 0.25) is 5.91 Å². The Labute approximate surface area is 124 Å². The van der Waals surface area contributed by atoms with Crippen LogP contribution in [0.3, 0.4) is 0 Å². The molecule has 0 spiro atoms. The summed E-state index contributed by atoms with van der Waals surface area (Å²) in [6.07, 6.45) is 2.45. The van der Waals surface area contributed by atoms with E-state index < -0.39 is 29.6 Å². The van der Waals surface area contributed by atoms with Crippen molar-refractivity contribution in [3.8, 4) is 0 Å². The molecule has 1 aliphatic carbocycles. The van der Waals surface area contributed by atoms with Gasteiger partial charge in [-0.15, -0.1) is 11.8 Å². The SMILES string of the molecule is O=C(CSc1ccc(F)c(F)c1)NC(CC1CC1)C(=O)O. The van der Waals surface area contributed by atoms with Gasteiger partial charge >= 0.3 is 5.97 Å². The molecule has 0 aromatic heterocycles. The van der Waals surface area contributed by atoms with Crippen molar-refractivity contribution in [2.75, 3.05) is 5.75 Å².